The van der Waals surface area contributed by atoms with Crippen molar-refractivity contribution in [3.8, 4) is 5.69 Å². The molecular formula is C19H20F3N5O. The maximum Gasteiger partial charge on any atom is 0.418 e. The highest BCUT2D eigenvalue weighted by Gasteiger charge is 2.34. The van der Waals surface area contributed by atoms with Gasteiger partial charge in [0, 0.05) is 24.4 Å². The molecule has 0 saturated carbocycles. The molecule has 0 atom stereocenters. The van der Waals surface area contributed by atoms with Gasteiger partial charge in [0.05, 0.1) is 29.1 Å². The number of carbonyl (C=O) groups is 1. The Labute approximate surface area is 160 Å². The number of alkyl halides is 3. The molecule has 9 heteroatoms. The number of para-hydroxylation sites is 1. The van der Waals surface area contributed by atoms with Crippen LogP contribution in [0.5, 0.6) is 0 Å². The van der Waals surface area contributed by atoms with E-state index in [1.165, 1.54) is 24.3 Å². The van der Waals surface area contributed by atoms with Crippen LogP contribution in [0.2, 0.25) is 0 Å². The quantitative estimate of drug-likeness (QED) is 0.737. The molecule has 0 aliphatic carbocycles. The number of carbonyl (C=O) groups excluding carboxylic acids is 1. The Morgan fingerprint density at radius 2 is 1.82 bits per heavy atom. The van der Waals surface area contributed by atoms with Crippen molar-refractivity contribution in [3.63, 3.8) is 0 Å². The van der Waals surface area contributed by atoms with Gasteiger partial charge in [0.15, 0.2) is 0 Å². The van der Waals surface area contributed by atoms with Gasteiger partial charge in [0.2, 0.25) is 5.91 Å². The van der Waals surface area contributed by atoms with Gasteiger partial charge < -0.3 is 5.32 Å². The van der Waals surface area contributed by atoms with Crippen molar-refractivity contribution >= 4 is 11.7 Å². The molecule has 0 bridgehead atoms. The summed E-state index contributed by atoms with van der Waals surface area (Å²) in [5.74, 6) is -0.178. The van der Waals surface area contributed by atoms with Crippen molar-refractivity contribution in [1.82, 2.24) is 19.6 Å². The lowest BCUT2D eigenvalue weighted by atomic mass is 10.1. The van der Waals surface area contributed by atoms with Crippen LogP contribution in [0.25, 0.3) is 5.69 Å². The highest BCUT2D eigenvalue weighted by Crippen LogP contribution is 2.34. The number of halogens is 3. The summed E-state index contributed by atoms with van der Waals surface area (Å²) in [4.78, 5) is 12.6. The fraction of sp³-hybridized carbons (Fsp3) is 0.316. The maximum atomic E-state index is 13.4. The fourth-order valence-electron chi connectivity index (χ4n) is 3.09. The van der Waals surface area contributed by atoms with Gasteiger partial charge in [-0.3, -0.25) is 9.48 Å². The minimum Gasteiger partial charge on any atom is -0.310 e. The van der Waals surface area contributed by atoms with Gasteiger partial charge >= 0.3 is 6.18 Å². The maximum absolute atomic E-state index is 13.4. The SMILES string of the molecule is Cc1cc(NC(=O)Cc2c(C)nn(C)c2C)n(-c2ccccc2C(F)(F)F)n1. The van der Waals surface area contributed by atoms with Crippen LogP contribution in [-0.4, -0.2) is 25.5 Å². The van der Waals surface area contributed by atoms with Crippen LogP contribution in [-0.2, 0) is 24.4 Å². The summed E-state index contributed by atoms with van der Waals surface area (Å²) in [7, 11) is 1.79. The first-order chi connectivity index (χ1) is 13.1. The predicted molar refractivity (Wildman–Crippen MR) is 98.3 cm³/mol. The summed E-state index contributed by atoms with van der Waals surface area (Å²) in [5, 5.41) is 11.1. The molecule has 0 radical (unpaired) electrons. The van der Waals surface area contributed by atoms with E-state index >= 15 is 0 Å². The summed E-state index contributed by atoms with van der Waals surface area (Å²) in [6.07, 6.45) is -4.47. The largest absolute Gasteiger partial charge is 0.418 e. The molecule has 28 heavy (non-hydrogen) atoms. The molecule has 1 N–H and O–H groups in total. The smallest absolute Gasteiger partial charge is 0.310 e. The Morgan fingerprint density at radius 3 is 2.43 bits per heavy atom. The molecular weight excluding hydrogens is 371 g/mol. The summed E-state index contributed by atoms with van der Waals surface area (Å²) >= 11 is 0. The van der Waals surface area contributed by atoms with Gasteiger partial charge in [-0.15, -0.1) is 0 Å². The average molecular weight is 391 g/mol. The molecule has 1 amide bonds. The Kier molecular flexibility index (Phi) is 5.01. The Hall–Kier alpha value is -3.10. The lowest BCUT2D eigenvalue weighted by molar-refractivity contribution is -0.137. The zero-order chi connectivity index (χ0) is 20.6. The van der Waals surface area contributed by atoms with Crippen molar-refractivity contribution in [1.29, 1.82) is 0 Å². The second-order valence-corrected chi connectivity index (χ2v) is 6.60. The van der Waals surface area contributed by atoms with Gasteiger partial charge in [0.1, 0.15) is 5.82 Å². The third-order valence-electron chi connectivity index (χ3n) is 4.53. The average Bonchev–Trinajstić information content (AvgIpc) is 3.08. The molecule has 0 spiro atoms. The number of amides is 1. The minimum atomic E-state index is -4.54. The lowest BCUT2D eigenvalue weighted by Crippen LogP contribution is -2.19. The minimum absolute atomic E-state index is 0.0661. The summed E-state index contributed by atoms with van der Waals surface area (Å²) in [6.45, 7) is 5.32. The normalized spacial score (nSPS) is 11.7. The molecule has 0 aliphatic heterocycles. The van der Waals surface area contributed by atoms with E-state index in [2.05, 4.69) is 15.5 Å². The second-order valence-electron chi connectivity index (χ2n) is 6.60. The van der Waals surface area contributed by atoms with Crippen LogP contribution in [0.1, 0.15) is 28.2 Å². The molecule has 0 fully saturated rings. The zero-order valence-corrected chi connectivity index (χ0v) is 15.9. The van der Waals surface area contributed by atoms with Gasteiger partial charge in [-0.1, -0.05) is 12.1 Å². The third kappa shape index (κ3) is 3.78. The number of aromatic nitrogens is 4. The molecule has 2 heterocycles. The van der Waals surface area contributed by atoms with Gasteiger partial charge in [-0.05, 0) is 32.9 Å². The van der Waals surface area contributed by atoms with E-state index < -0.39 is 11.7 Å². The van der Waals surface area contributed by atoms with E-state index in [1.807, 2.05) is 13.8 Å². The predicted octanol–water partition coefficient (Wildman–Crippen LogP) is 3.73. The summed E-state index contributed by atoms with van der Waals surface area (Å²) in [5.41, 5.74) is 1.90. The first-order valence-electron chi connectivity index (χ1n) is 8.60. The number of nitrogens with zero attached hydrogens (tertiary/aromatic N) is 4. The number of nitrogens with one attached hydrogen (secondary N) is 1. The standard InChI is InChI=1S/C19H20F3N5O/c1-11-9-17(23-18(28)10-14-12(2)25-26(4)13(14)3)27(24-11)16-8-6-5-7-15(16)19(20,21)22/h5-9H,10H2,1-4H3,(H,23,28). The summed E-state index contributed by atoms with van der Waals surface area (Å²) < 4.78 is 42.9. The van der Waals surface area contributed by atoms with Crippen molar-refractivity contribution < 1.29 is 18.0 Å². The number of hydrogen-bond acceptors (Lipinski definition) is 3. The Bertz CT molecular complexity index is 1030. The van der Waals surface area contributed by atoms with Crippen LogP contribution in [0.15, 0.2) is 30.3 Å². The topological polar surface area (TPSA) is 64.7 Å². The number of benzene rings is 1. The second kappa shape index (κ2) is 7.14. The molecule has 0 unspecified atom stereocenters. The molecule has 148 valence electrons. The Balaban J connectivity index is 1.93. The number of rotatable bonds is 4. The van der Waals surface area contributed by atoms with E-state index in [9.17, 15) is 18.0 Å². The molecule has 0 saturated heterocycles. The molecule has 2 aromatic heterocycles. The van der Waals surface area contributed by atoms with E-state index in [0.29, 0.717) is 5.69 Å². The van der Waals surface area contributed by atoms with E-state index in [1.54, 1.807) is 18.7 Å². The van der Waals surface area contributed by atoms with Crippen LogP contribution in [0.4, 0.5) is 19.0 Å². The summed E-state index contributed by atoms with van der Waals surface area (Å²) in [6, 6.07) is 6.65. The number of anilines is 1. The highest BCUT2D eigenvalue weighted by molar-refractivity contribution is 5.92. The highest BCUT2D eigenvalue weighted by atomic mass is 19.4. The van der Waals surface area contributed by atoms with E-state index in [4.69, 9.17) is 0 Å². The molecule has 1 aromatic carbocycles. The van der Waals surface area contributed by atoms with Crippen molar-refractivity contribution in [3.05, 3.63) is 58.5 Å². The lowest BCUT2D eigenvalue weighted by Gasteiger charge is -2.15. The van der Waals surface area contributed by atoms with Crippen LogP contribution in [0.3, 0.4) is 0 Å². The van der Waals surface area contributed by atoms with Gasteiger partial charge in [-0.25, -0.2) is 4.68 Å². The van der Waals surface area contributed by atoms with Crippen molar-refractivity contribution in [2.45, 2.75) is 33.4 Å². The molecule has 3 aromatic rings. The van der Waals surface area contributed by atoms with E-state index in [0.717, 1.165) is 27.7 Å². The Morgan fingerprint density at radius 1 is 1.14 bits per heavy atom. The first kappa shape index (κ1) is 19.7. The monoisotopic (exact) mass is 391 g/mol. The molecule has 6 nitrogen and oxygen atoms in total. The number of hydrogen-bond donors (Lipinski definition) is 1. The zero-order valence-electron chi connectivity index (χ0n) is 15.9. The van der Waals surface area contributed by atoms with Crippen molar-refractivity contribution in [2.24, 2.45) is 7.05 Å². The fourth-order valence-corrected chi connectivity index (χ4v) is 3.09. The van der Waals surface area contributed by atoms with Crippen LogP contribution >= 0.6 is 0 Å². The first-order valence-corrected chi connectivity index (χ1v) is 8.60. The molecule has 3 rings (SSSR count). The van der Waals surface area contributed by atoms with Crippen LogP contribution < -0.4 is 5.32 Å². The van der Waals surface area contributed by atoms with E-state index in [-0.39, 0.29) is 23.8 Å². The molecule has 0 aliphatic rings. The van der Waals surface area contributed by atoms with Crippen molar-refractivity contribution in [2.75, 3.05) is 5.32 Å². The third-order valence-corrected chi connectivity index (χ3v) is 4.53. The van der Waals surface area contributed by atoms with Gasteiger partial charge in [0.25, 0.3) is 0 Å². The van der Waals surface area contributed by atoms with Gasteiger partial charge in [-0.2, -0.15) is 23.4 Å². The van der Waals surface area contributed by atoms with Crippen LogP contribution in [0, 0.1) is 20.8 Å². The number of aryl methyl sites for hydroxylation is 3.